The molecule has 0 saturated heterocycles. The van der Waals surface area contributed by atoms with Gasteiger partial charge in [0.25, 0.3) is 0 Å². The standard InChI is InChI=1S/C22H25Cl3N2O2/c1-3-4-11-26-22(29)15(2)27(14-17-9-10-18(23)13-20(17)25)21(28)12-16-7-5-6-8-19(16)24/h5-10,13,15H,3-4,11-12,14H2,1-2H3,(H,26,29)/t15-/m0/s1. The van der Waals surface area contributed by atoms with Crippen molar-refractivity contribution < 1.29 is 9.59 Å². The first-order valence-electron chi connectivity index (χ1n) is 9.58. The van der Waals surface area contributed by atoms with Crippen molar-refractivity contribution in [1.29, 1.82) is 0 Å². The lowest BCUT2D eigenvalue weighted by molar-refractivity contribution is -0.140. The molecule has 0 bridgehead atoms. The number of halogens is 3. The maximum absolute atomic E-state index is 13.1. The first-order chi connectivity index (χ1) is 13.8. The van der Waals surface area contributed by atoms with Crippen molar-refractivity contribution in [1.82, 2.24) is 10.2 Å². The molecule has 0 heterocycles. The summed E-state index contributed by atoms with van der Waals surface area (Å²) in [5.74, 6) is -0.404. The summed E-state index contributed by atoms with van der Waals surface area (Å²) in [5.41, 5.74) is 1.43. The number of carbonyl (C=O) groups is 2. The van der Waals surface area contributed by atoms with E-state index in [1.807, 2.05) is 12.1 Å². The van der Waals surface area contributed by atoms with Crippen molar-refractivity contribution in [2.45, 2.75) is 45.7 Å². The minimum Gasteiger partial charge on any atom is -0.354 e. The van der Waals surface area contributed by atoms with E-state index in [1.165, 1.54) is 4.90 Å². The molecule has 0 saturated carbocycles. The average Bonchev–Trinajstić information content (AvgIpc) is 2.68. The van der Waals surface area contributed by atoms with Crippen LogP contribution in [0.1, 0.15) is 37.8 Å². The molecule has 0 aliphatic carbocycles. The van der Waals surface area contributed by atoms with Gasteiger partial charge < -0.3 is 10.2 Å². The molecule has 0 aliphatic heterocycles. The van der Waals surface area contributed by atoms with E-state index >= 15 is 0 Å². The van der Waals surface area contributed by atoms with Gasteiger partial charge in [0.2, 0.25) is 11.8 Å². The van der Waals surface area contributed by atoms with Crippen LogP contribution in [0.25, 0.3) is 0 Å². The van der Waals surface area contributed by atoms with Gasteiger partial charge in [-0.2, -0.15) is 0 Å². The molecule has 2 aromatic rings. The van der Waals surface area contributed by atoms with Crippen LogP contribution in [0.3, 0.4) is 0 Å². The van der Waals surface area contributed by atoms with E-state index in [0.29, 0.717) is 27.2 Å². The maximum Gasteiger partial charge on any atom is 0.242 e. The van der Waals surface area contributed by atoms with Gasteiger partial charge in [0.15, 0.2) is 0 Å². The largest absolute Gasteiger partial charge is 0.354 e. The first-order valence-corrected chi connectivity index (χ1v) is 10.7. The van der Waals surface area contributed by atoms with E-state index in [2.05, 4.69) is 12.2 Å². The molecule has 1 atom stereocenters. The van der Waals surface area contributed by atoms with Gasteiger partial charge >= 0.3 is 0 Å². The number of unbranched alkanes of at least 4 members (excludes halogenated alkanes) is 1. The highest BCUT2D eigenvalue weighted by Crippen LogP contribution is 2.24. The van der Waals surface area contributed by atoms with Gasteiger partial charge in [-0.3, -0.25) is 9.59 Å². The quantitative estimate of drug-likeness (QED) is 0.506. The van der Waals surface area contributed by atoms with Crippen LogP contribution in [0.4, 0.5) is 0 Å². The fraction of sp³-hybridized carbons (Fsp3) is 0.364. The van der Waals surface area contributed by atoms with Crippen molar-refractivity contribution in [3.05, 3.63) is 68.7 Å². The molecule has 0 aromatic heterocycles. The fourth-order valence-corrected chi connectivity index (χ4v) is 3.53. The summed E-state index contributed by atoms with van der Waals surface area (Å²) < 4.78 is 0. The van der Waals surface area contributed by atoms with E-state index in [0.717, 1.165) is 18.4 Å². The summed E-state index contributed by atoms with van der Waals surface area (Å²) >= 11 is 18.5. The van der Waals surface area contributed by atoms with Crippen LogP contribution >= 0.6 is 34.8 Å². The highest BCUT2D eigenvalue weighted by atomic mass is 35.5. The first kappa shape index (κ1) is 23.5. The van der Waals surface area contributed by atoms with E-state index in [1.54, 1.807) is 37.3 Å². The molecule has 7 heteroatoms. The van der Waals surface area contributed by atoms with Gasteiger partial charge in [0, 0.05) is 28.2 Å². The molecule has 0 spiro atoms. The van der Waals surface area contributed by atoms with E-state index in [-0.39, 0.29) is 24.8 Å². The zero-order chi connectivity index (χ0) is 21.4. The second-order valence-corrected chi connectivity index (χ2v) is 8.10. The lowest BCUT2D eigenvalue weighted by Gasteiger charge is -2.29. The maximum atomic E-state index is 13.1. The summed E-state index contributed by atoms with van der Waals surface area (Å²) in [6.45, 7) is 4.54. The molecule has 29 heavy (non-hydrogen) atoms. The Bertz CT molecular complexity index is 858. The van der Waals surface area contributed by atoms with Crippen molar-refractivity contribution in [2.75, 3.05) is 6.54 Å². The summed E-state index contributed by atoms with van der Waals surface area (Å²) in [6, 6.07) is 11.6. The van der Waals surface area contributed by atoms with Gasteiger partial charge in [0.1, 0.15) is 6.04 Å². The molecular formula is C22H25Cl3N2O2. The summed E-state index contributed by atoms with van der Waals surface area (Å²) in [4.78, 5) is 27.3. The van der Waals surface area contributed by atoms with Crippen LogP contribution in [-0.4, -0.2) is 29.3 Å². The van der Waals surface area contributed by atoms with Crippen LogP contribution in [-0.2, 0) is 22.6 Å². The summed E-state index contributed by atoms with van der Waals surface area (Å²) in [6.07, 6.45) is 1.96. The van der Waals surface area contributed by atoms with Crippen molar-refractivity contribution in [3.63, 3.8) is 0 Å². The molecule has 0 fully saturated rings. The van der Waals surface area contributed by atoms with Crippen LogP contribution in [0.2, 0.25) is 15.1 Å². The lowest BCUT2D eigenvalue weighted by atomic mass is 10.1. The van der Waals surface area contributed by atoms with Crippen LogP contribution in [0.5, 0.6) is 0 Å². The highest BCUT2D eigenvalue weighted by molar-refractivity contribution is 6.35. The van der Waals surface area contributed by atoms with E-state index < -0.39 is 6.04 Å². The molecule has 1 N–H and O–H groups in total. The molecule has 2 amide bonds. The van der Waals surface area contributed by atoms with Crippen molar-refractivity contribution in [3.8, 4) is 0 Å². The van der Waals surface area contributed by atoms with Gasteiger partial charge in [-0.25, -0.2) is 0 Å². The second-order valence-electron chi connectivity index (χ2n) is 6.85. The monoisotopic (exact) mass is 454 g/mol. The van der Waals surface area contributed by atoms with E-state index in [9.17, 15) is 9.59 Å². The molecule has 2 aromatic carbocycles. The Balaban J connectivity index is 2.24. The third kappa shape index (κ3) is 6.91. The number of hydrogen-bond donors (Lipinski definition) is 1. The third-order valence-corrected chi connectivity index (χ3v) is 5.61. The van der Waals surface area contributed by atoms with Gasteiger partial charge in [-0.15, -0.1) is 0 Å². The molecule has 156 valence electrons. The smallest absolute Gasteiger partial charge is 0.242 e. The number of hydrogen-bond acceptors (Lipinski definition) is 2. The third-order valence-electron chi connectivity index (χ3n) is 4.65. The fourth-order valence-electron chi connectivity index (χ4n) is 2.86. The number of carbonyl (C=O) groups excluding carboxylic acids is 2. The molecule has 4 nitrogen and oxygen atoms in total. The lowest BCUT2D eigenvalue weighted by Crippen LogP contribution is -2.48. The topological polar surface area (TPSA) is 49.4 Å². The number of amides is 2. The van der Waals surface area contributed by atoms with Gasteiger partial charge in [-0.05, 0) is 42.7 Å². The Kier molecular flexibility index (Phi) is 9.28. The SMILES string of the molecule is CCCCNC(=O)[C@H](C)N(Cc1ccc(Cl)cc1Cl)C(=O)Cc1ccccc1Cl. The average molecular weight is 456 g/mol. The van der Waals surface area contributed by atoms with Crippen molar-refractivity contribution >= 4 is 46.6 Å². The Morgan fingerprint density at radius 2 is 1.76 bits per heavy atom. The normalized spacial score (nSPS) is 11.8. The Morgan fingerprint density at radius 3 is 2.41 bits per heavy atom. The molecule has 0 unspecified atom stereocenters. The highest BCUT2D eigenvalue weighted by Gasteiger charge is 2.27. The second kappa shape index (κ2) is 11.4. The van der Waals surface area contributed by atoms with Crippen molar-refractivity contribution in [2.24, 2.45) is 0 Å². The van der Waals surface area contributed by atoms with Crippen LogP contribution in [0, 0.1) is 0 Å². The van der Waals surface area contributed by atoms with Gasteiger partial charge in [-0.1, -0.05) is 72.4 Å². The zero-order valence-corrected chi connectivity index (χ0v) is 18.8. The Hall–Kier alpha value is -1.75. The minimum absolute atomic E-state index is 0.0947. The Morgan fingerprint density at radius 1 is 1.03 bits per heavy atom. The molecule has 0 radical (unpaired) electrons. The van der Waals surface area contributed by atoms with Gasteiger partial charge in [0.05, 0.1) is 6.42 Å². The number of nitrogens with one attached hydrogen (secondary N) is 1. The number of benzene rings is 2. The minimum atomic E-state index is -0.659. The summed E-state index contributed by atoms with van der Waals surface area (Å²) in [5, 5.41) is 4.37. The Labute approximate surface area is 187 Å². The number of rotatable bonds is 9. The predicted molar refractivity (Wildman–Crippen MR) is 120 cm³/mol. The zero-order valence-electron chi connectivity index (χ0n) is 16.6. The number of nitrogens with zero attached hydrogens (tertiary/aromatic N) is 1. The van der Waals surface area contributed by atoms with E-state index in [4.69, 9.17) is 34.8 Å². The molecule has 2 rings (SSSR count). The predicted octanol–water partition coefficient (Wildman–Crippen LogP) is 5.52. The molecule has 0 aliphatic rings. The summed E-state index contributed by atoms with van der Waals surface area (Å²) in [7, 11) is 0. The van der Waals surface area contributed by atoms with Crippen LogP contribution in [0.15, 0.2) is 42.5 Å². The molecular weight excluding hydrogens is 431 g/mol. The van der Waals surface area contributed by atoms with Crippen LogP contribution < -0.4 is 5.32 Å².